The van der Waals surface area contributed by atoms with Crippen LogP contribution in [-0.4, -0.2) is 11.2 Å². The highest BCUT2D eigenvalue weighted by Gasteiger charge is 2.37. The number of hydrogen-bond donors (Lipinski definition) is 1. The predicted octanol–water partition coefficient (Wildman–Crippen LogP) is 5.70. The zero-order chi connectivity index (χ0) is 19.2. The van der Waals surface area contributed by atoms with Gasteiger partial charge in [0.05, 0.1) is 10.5 Å². The van der Waals surface area contributed by atoms with Crippen molar-refractivity contribution in [3.05, 3.63) is 50.8 Å². The third kappa shape index (κ3) is 3.94. The molecular weight excluding hydrogens is 347 g/mol. The molecule has 0 saturated heterocycles. The van der Waals surface area contributed by atoms with Gasteiger partial charge < -0.3 is 4.98 Å². The van der Waals surface area contributed by atoms with E-state index in [0.29, 0.717) is 27.4 Å². The highest BCUT2D eigenvalue weighted by Crippen LogP contribution is 2.40. The summed E-state index contributed by atoms with van der Waals surface area (Å²) in [6.07, 6.45) is -2.66. The van der Waals surface area contributed by atoms with Gasteiger partial charge >= 0.3 is 6.18 Å². The molecule has 0 atom stereocenters. The van der Waals surface area contributed by atoms with Crippen molar-refractivity contribution in [3.8, 4) is 11.3 Å². The van der Waals surface area contributed by atoms with Crippen molar-refractivity contribution in [2.24, 2.45) is 0 Å². The van der Waals surface area contributed by atoms with E-state index in [4.69, 9.17) is 0 Å². The molecule has 6 heteroatoms. The van der Waals surface area contributed by atoms with Crippen LogP contribution in [-0.2, 0) is 11.6 Å². The highest BCUT2D eigenvalue weighted by atomic mass is 32.2. The van der Waals surface area contributed by atoms with Gasteiger partial charge in [-0.25, -0.2) is 0 Å². The van der Waals surface area contributed by atoms with Gasteiger partial charge in [-0.15, -0.1) is 11.8 Å². The Balaban J connectivity index is 2.79. The first-order chi connectivity index (χ1) is 11.4. The third-order valence-corrected chi connectivity index (χ3v) is 5.05. The first-order valence-corrected chi connectivity index (χ1v) is 9.09. The monoisotopic (exact) mass is 369 g/mol. The number of thioether (sulfide) groups is 1. The number of alkyl halides is 3. The summed E-state index contributed by atoms with van der Waals surface area (Å²) in [4.78, 5) is 15.9. The van der Waals surface area contributed by atoms with E-state index >= 15 is 0 Å². The van der Waals surface area contributed by atoms with Crippen LogP contribution in [0.2, 0.25) is 0 Å². The van der Waals surface area contributed by atoms with Crippen LogP contribution in [0.25, 0.3) is 11.3 Å². The van der Waals surface area contributed by atoms with Crippen molar-refractivity contribution < 1.29 is 13.2 Å². The average Bonchev–Trinajstić information content (AvgIpc) is 2.44. The number of aromatic amines is 1. The van der Waals surface area contributed by atoms with Gasteiger partial charge in [0.15, 0.2) is 5.43 Å². The molecule has 1 aromatic heterocycles. The van der Waals surface area contributed by atoms with Crippen LogP contribution in [0.15, 0.2) is 27.9 Å². The van der Waals surface area contributed by atoms with Crippen LogP contribution in [0.4, 0.5) is 13.2 Å². The number of nitrogens with one attached hydrogen (secondary N) is 1. The number of rotatable bonds is 2. The Labute approximate surface area is 149 Å². The largest absolute Gasteiger partial charge is 0.416 e. The standard InChI is InChI=1S/C19H22F3NOS/c1-10-7-13(18(3,4)5)14(19(20,21)22)8-12(10)15-9-16(24)17(25-6)11(2)23-15/h7-9H,1-6H3,(H,23,24). The van der Waals surface area contributed by atoms with Gasteiger partial charge in [-0.2, -0.15) is 13.2 Å². The molecule has 1 heterocycles. The molecule has 2 rings (SSSR count). The maximum absolute atomic E-state index is 13.6. The molecule has 0 spiro atoms. The summed E-state index contributed by atoms with van der Waals surface area (Å²) in [5.41, 5.74) is 0.922. The first kappa shape index (κ1) is 19.6. The summed E-state index contributed by atoms with van der Waals surface area (Å²) in [7, 11) is 0. The topological polar surface area (TPSA) is 32.9 Å². The summed E-state index contributed by atoms with van der Waals surface area (Å²) in [6.45, 7) is 8.79. The zero-order valence-electron chi connectivity index (χ0n) is 15.2. The summed E-state index contributed by atoms with van der Waals surface area (Å²) in [5, 5.41) is 0. The van der Waals surface area contributed by atoms with E-state index in [1.165, 1.54) is 17.8 Å². The van der Waals surface area contributed by atoms with E-state index in [2.05, 4.69) is 4.98 Å². The van der Waals surface area contributed by atoms with E-state index in [0.717, 1.165) is 6.07 Å². The van der Waals surface area contributed by atoms with Gasteiger partial charge in [0.2, 0.25) is 0 Å². The van der Waals surface area contributed by atoms with Crippen molar-refractivity contribution in [1.82, 2.24) is 4.98 Å². The SMILES string of the molecule is CSc1c(C)[nH]c(-c2cc(C(F)(F)F)c(C(C)(C)C)cc2C)cc1=O. The van der Waals surface area contributed by atoms with E-state index in [1.807, 2.05) is 0 Å². The Morgan fingerprint density at radius 2 is 1.60 bits per heavy atom. The Morgan fingerprint density at radius 1 is 1.00 bits per heavy atom. The van der Waals surface area contributed by atoms with Crippen LogP contribution in [0.1, 0.15) is 43.2 Å². The number of hydrogen-bond acceptors (Lipinski definition) is 2. The molecule has 0 saturated carbocycles. The molecule has 1 aromatic carbocycles. The lowest BCUT2D eigenvalue weighted by atomic mass is 9.81. The fourth-order valence-electron chi connectivity index (χ4n) is 2.93. The van der Waals surface area contributed by atoms with Gasteiger partial charge in [0, 0.05) is 23.0 Å². The molecule has 0 unspecified atom stereocenters. The zero-order valence-corrected chi connectivity index (χ0v) is 16.0. The number of aryl methyl sites for hydroxylation is 2. The predicted molar refractivity (Wildman–Crippen MR) is 97.5 cm³/mol. The summed E-state index contributed by atoms with van der Waals surface area (Å²) >= 11 is 1.32. The minimum absolute atomic E-state index is 0.188. The molecule has 2 aromatic rings. The summed E-state index contributed by atoms with van der Waals surface area (Å²) < 4.78 is 40.8. The van der Waals surface area contributed by atoms with Crippen molar-refractivity contribution in [2.45, 2.75) is 51.1 Å². The Hall–Kier alpha value is -1.69. The second kappa shape index (κ2) is 6.56. The average molecular weight is 369 g/mol. The molecule has 2 nitrogen and oxygen atoms in total. The van der Waals surface area contributed by atoms with E-state index in [9.17, 15) is 18.0 Å². The number of aromatic nitrogens is 1. The fraction of sp³-hybridized carbons (Fsp3) is 0.421. The van der Waals surface area contributed by atoms with Crippen LogP contribution in [0.5, 0.6) is 0 Å². The molecule has 0 amide bonds. The van der Waals surface area contributed by atoms with Crippen molar-refractivity contribution in [2.75, 3.05) is 6.26 Å². The minimum atomic E-state index is -4.46. The molecule has 0 fully saturated rings. The minimum Gasteiger partial charge on any atom is -0.357 e. The lowest BCUT2D eigenvalue weighted by Gasteiger charge is -2.26. The van der Waals surface area contributed by atoms with Gasteiger partial charge in [0.25, 0.3) is 0 Å². The Bertz CT molecular complexity index is 861. The maximum Gasteiger partial charge on any atom is 0.416 e. The van der Waals surface area contributed by atoms with Gasteiger partial charge in [-0.1, -0.05) is 26.8 Å². The van der Waals surface area contributed by atoms with Gasteiger partial charge in [-0.05, 0) is 42.7 Å². The summed E-state index contributed by atoms with van der Waals surface area (Å²) in [6, 6.07) is 4.10. The quantitative estimate of drug-likeness (QED) is 0.689. The van der Waals surface area contributed by atoms with Crippen LogP contribution in [0, 0.1) is 13.8 Å². The number of H-pyrrole nitrogens is 1. The highest BCUT2D eigenvalue weighted by molar-refractivity contribution is 7.98. The molecule has 1 N–H and O–H groups in total. The molecular formula is C19H22F3NOS. The smallest absolute Gasteiger partial charge is 0.357 e. The van der Waals surface area contributed by atoms with Crippen molar-refractivity contribution >= 4 is 11.8 Å². The lowest BCUT2D eigenvalue weighted by Crippen LogP contribution is -2.20. The molecule has 25 heavy (non-hydrogen) atoms. The number of pyridine rings is 1. The molecule has 0 aliphatic carbocycles. The van der Waals surface area contributed by atoms with Crippen LogP contribution < -0.4 is 5.43 Å². The van der Waals surface area contributed by atoms with E-state index in [-0.39, 0.29) is 11.0 Å². The number of halogens is 3. The molecule has 136 valence electrons. The van der Waals surface area contributed by atoms with E-state index in [1.54, 1.807) is 46.9 Å². The molecule has 0 bridgehead atoms. The summed E-state index contributed by atoms with van der Waals surface area (Å²) in [5.74, 6) is 0. The lowest BCUT2D eigenvalue weighted by molar-refractivity contribution is -0.138. The van der Waals surface area contributed by atoms with Crippen molar-refractivity contribution in [1.29, 1.82) is 0 Å². The Morgan fingerprint density at radius 3 is 2.04 bits per heavy atom. The fourth-order valence-corrected chi connectivity index (χ4v) is 3.55. The third-order valence-electron chi connectivity index (χ3n) is 4.13. The maximum atomic E-state index is 13.6. The van der Waals surface area contributed by atoms with Crippen LogP contribution >= 0.6 is 11.8 Å². The van der Waals surface area contributed by atoms with E-state index < -0.39 is 17.2 Å². The number of benzene rings is 1. The second-order valence-corrected chi connectivity index (χ2v) is 7.98. The van der Waals surface area contributed by atoms with Crippen LogP contribution in [0.3, 0.4) is 0 Å². The normalized spacial score (nSPS) is 12.5. The second-order valence-electron chi connectivity index (χ2n) is 7.17. The molecule has 0 aliphatic rings. The first-order valence-electron chi connectivity index (χ1n) is 7.87. The van der Waals surface area contributed by atoms with Crippen molar-refractivity contribution in [3.63, 3.8) is 0 Å². The molecule has 0 radical (unpaired) electrons. The Kier molecular flexibility index (Phi) is 5.15. The van der Waals surface area contributed by atoms with Gasteiger partial charge in [-0.3, -0.25) is 4.79 Å². The van der Waals surface area contributed by atoms with Gasteiger partial charge in [0.1, 0.15) is 0 Å². The molecule has 0 aliphatic heterocycles.